The second-order valence-electron chi connectivity index (χ2n) is 4.31. The van der Waals surface area contributed by atoms with Crippen molar-refractivity contribution in [3.05, 3.63) is 0 Å². The van der Waals surface area contributed by atoms with Gasteiger partial charge in [0.15, 0.2) is 0 Å². The molecule has 0 rings (SSSR count). The SMILES string of the molecule is CCC(=O)CCCCOCCCCC(=O)CC. The average molecular weight is 242 g/mol. The minimum Gasteiger partial charge on any atom is -0.381 e. The molecule has 3 heteroatoms. The molecule has 0 spiro atoms. The maximum Gasteiger partial charge on any atom is 0.132 e. The Morgan fingerprint density at radius 3 is 1.53 bits per heavy atom. The summed E-state index contributed by atoms with van der Waals surface area (Å²) in [6.07, 6.45) is 6.44. The number of carbonyl (C=O) groups is 2. The lowest BCUT2D eigenvalue weighted by molar-refractivity contribution is -0.119. The van der Waals surface area contributed by atoms with Crippen LogP contribution in [0.2, 0.25) is 0 Å². The zero-order chi connectivity index (χ0) is 12.9. The topological polar surface area (TPSA) is 43.4 Å². The number of unbranched alkanes of at least 4 members (excludes halogenated alkanes) is 2. The number of ether oxygens (including phenoxy) is 1. The van der Waals surface area contributed by atoms with Crippen molar-refractivity contribution in [3.8, 4) is 0 Å². The monoisotopic (exact) mass is 242 g/mol. The first kappa shape index (κ1) is 16.3. The van der Waals surface area contributed by atoms with Crippen molar-refractivity contribution in [2.45, 2.75) is 65.2 Å². The quantitative estimate of drug-likeness (QED) is 0.493. The van der Waals surface area contributed by atoms with E-state index < -0.39 is 0 Å². The summed E-state index contributed by atoms with van der Waals surface area (Å²) in [6, 6.07) is 0. The van der Waals surface area contributed by atoms with Gasteiger partial charge in [-0.25, -0.2) is 0 Å². The second-order valence-corrected chi connectivity index (χ2v) is 4.31. The van der Waals surface area contributed by atoms with E-state index in [-0.39, 0.29) is 0 Å². The summed E-state index contributed by atoms with van der Waals surface area (Å²) in [6.45, 7) is 5.27. The highest BCUT2D eigenvalue weighted by Gasteiger charge is 1.99. The maximum absolute atomic E-state index is 11.0. The van der Waals surface area contributed by atoms with Gasteiger partial charge in [0.05, 0.1) is 0 Å². The van der Waals surface area contributed by atoms with Crippen LogP contribution >= 0.6 is 0 Å². The summed E-state index contributed by atoms with van der Waals surface area (Å²) in [5.41, 5.74) is 0. The highest BCUT2D eigenvalue weighted by atomic mass is 16.5. The van der Waals surface area contributed by atoms with Crippen molar-refractivity contribution >= 4 is 11.6 Å². The van der Waals surface area contributed by atoms with Crippen LogP contribution in [-0.4, -0.2) is 24.8 Å². The molecule has 0 fully saturated rings. The third-order valence-corrected chi connectivity index (χ3v) is 2.78. The molecule has 100 valence electrons. The number of hydrogen-bond acceptors (Lipinski definition) is 3. The van der Waals surface area contributed by atoms with Gasteiger partial charge in [0.2, 0.25) is 0 Å². The lowest BCUT2D eigenvalue weighted by atomic mass is 10.1. The second kappa shape index (κ2) is 11.8. The molecule has 0 atom stereocenters. The summed E-state index contributed by atoms with van der Waals surface area (Å²) in [5.74, 6) is 0.672. The van der Waals surface area contributed by atoms with Crippen molar-refractivity contribution in [3.63, 3.8) is 0 Å². The fraction of sp³-hybridized carbons (Fsp3) is 0.857. The summed E-state index contributed by atoms with van der Waals surface area (Å²) in [4.78, 5) is 22.0. The molecule has 0 N–H and O–H groups in total. The molecule has 0 aliphatic rings. The molecule has 0 bridgehead atoms. The zero-order valence-corrected chi connectivity index (χ0v) is 11.3. The maximum atomic E-state index is 11.0. The molecule has 0 aliphatic carbocycles. The third kappa shape index (κ3) is 11.6. The average Bonchev–Trinajstić information content (AvgIpc) is 2.35. The molecule has 0 heterocycles. The van der Waals surface area contributed by atoms with Gasteiger partial charge in [0, 0.05) is 38.9 Å². The molecule has 0 saturated carbocycles. The number of hydrogen-bond donors (Lipinski definition) is 0. The van der Waals surface area contributed by atoms with Crippen LogP contribution in [0.25, 0.3) is 0 Å². The lowest BCUT2D eigenvalue weighted by Gasteiger charge is -2.03. The number of carbonyl (C=O) groups excluding carboxylic acids is 2. The van der Waals surface area contributed by atoms with Gasteiger partial charge in [-0.2, -0.15) is 0 Å². The Bertz CT molecular complexity index is 190. The molecule has 17 heavy (non-hydrogen) atoms. The first-order valence-electron chi connectivity index (χ1n) is 6.81. The third-order valence-electron chi connectivity index (χ3n) is 2.78. The molecule has 0 aromatic heterocycles. The van der Waals surface area contributed by atoms with E-state index in [1.165, 1.54) is 0 Å². The lowest BCUT2D eigenvalue weighted by Crippen LogP contribution is -2.01. The fourth-order valence-corrected chi connectivity index (χ4v) is 1.51. The van der Waals surface area contributed by atoms with Gasteiger partial charge in [-0.05, 0) is 25.7 Å². The van der Waals surface area contributed by atoms with Crippen molar-refractivity contribution in [2.24, 2.45) is 0 Å². The van der Waals surface area contributed by atoms with E-state index in [2.05, 4.69) is 0 Å². The Morgan fingerprint density at radius 2 is 1.18 bits per heavy atom. The number of ketones is 2. The van der Waals surface area contributed by atoms with Crippen LogP contribution in [0.15, 0.2) is 0 Å². The van der Waals surface area contributed by atoms with Gasteiger partial charge in [-0.3, -0.25) is 9.59 Å². The van der Waals surface area contributed by atoms with E-state index in [0.29, 0.717) is 37.2 Å². The summed E-state index contributed by atoms with van der Waals surface area (Å²) in [7, 11) is 0. The van der Waals surface area contributed by atoms with E-state index in [1.807, 2.05) is 13.8 Å². The minimum atomic E-state index is 0.336. The van der Waals surface area contributed by atoms with Gasteiger partial charge < -0.3 is 4.74 Å². The largest absolute Gasteiger partial charge is 0.381 e. The predicted octanol–water partition coefficient (Wildman–Crippen LogP) is 3.30. The van der Waals surface area contributed by atoms with Crippen molar-refractivity contribution < 1.29 is 14.3 Å². The molecule has 0 amide bonds. The highest BCUT2D eigenvalue weighted by molar-refractivity contribution is 5.78. The number of rotatable bonds is 12. The van der Waals surface area contributed by atoms with E-state index in [4.69, 9.17) is 4.74 Å². The Balaban J connectivity index is 3.08. The Labute approximate surface area is 105 Å². The molecule has 0 aromatic carbocycles. The smallest absolute Gasteiger partial charge is 0.132 e. The highest BCUT2D eigenvalue weighted by Crippen LogP contribution is 2.02. The molecule has 0 aliphatic heterocycles. The van der Waals surface area contributed by atoms with Crippen LogP contribution in [0, 0.1) is 0 Å². The zero-order valence-electron chi connectivity index (χ0n) is 11.3. The molecule has 0 unspecified atom stereocenters. The van der Waals surface area contributed by atoms with E-state index in [0.717, 1.165) is 38.9 Å². The fourth-order valence-electron chi connectivity index (χ4n) is 1.51. The molecule has 3 nitrogen and oxygen atoms in total. The molecular formula is C14H26O3. The summed E-state index contributed by atoms with van der Waals surface area (Å²) >= 11 is 0. The normalized spacial score (nSPS) is 10.5. The molecule has 0 saturated heterocycles. The Hall–Kier alpha value is -0.700. The van der Waals surface area contributed by atoms with Crippen LogP contribution in [0.5, 0.6) is 0 Å². The van der Waals surface area contributed by atoms with Crippen LogP contribution in [0.3, 0.4) is 0 Å². The number of Topliss-reactive ketones (excluding diaryl/α,β-unsaturated/α-hetero) is 2. The van der Waals surface area contributed by atoms with Crippen molar-refractivity contribution in [1.82, 2.24) is 0 Å². The standard InChI is InChI=1S/C14H26O3/c1-3-13(15)9-5-7-11-17-12-8-6-10-14(16)4-2/h3-12H2,1-2H3. The van der Waals surface area contributed by atoms with Gasteiger partial charge in [0.25, 0.3) is 0 Å². The molecule has 0 radical (unpaired) electrons. The van der Waals surface area contributed by atoms with Crippen molar-refractivity contribution in [2.75, 3.05) is 13.2 Å². The van der Waals surface area contributed by atoms with Crippen LogP contribution in [0.1, 0.15) is 65.2 Å². The van der Waals surface area contributed by atoms with Gasteiger partial charge >= 0.3 is 0 Å². The molecular weight excluding hydrogens is 216 g/mol. The predicted molar refractivity (Wildman–Crippen MR) is 69.1 cm³/mol. The van der Waals surface area contributed by atoms with Gasteiger partial charge in [-0.1, -0.05) is 13.8 Å². The Kier molecular flexibility index (Phi) is 11.3. The van der Waals surface area contributed by atoms with Crippen molar-refractivity contribution in [1.29, 1.82) is 0 Å². The van der Waals surface area contributed by atoms with Crippen LogP contribution in [0.4, 0.5) is 0 Å². The van der Waals surface area contributed by atoms with E-state index >= 15 is 0 Å². The van der Waals surface area contributed by atoms with E-state index in [9.17, 15) is 9.59 Å². The molecule has 0 aromatic rings. The summed E-state index contributed by atoms with van der Waals surface area (Å²) < 4.78 is 5.44. The minimum absolute atomic E-state index is 0.336. The summed E-state index contributed by atoms with van der Waals surface area (Å²) in [5, 5.41) is 0. The van der Waals surface area contributed by atoms with E-state index in [1.54, 1.807) is 0 Å². The van der Waals surface area contributed by atoms with Crippen LogP contribution in [-0.2, 0) is 14.3 Å². The van der Waals surface area contributed by atoms with Crippen LogP contribution < -0.4 is 0 Å². The first-order chi connectivity index (χ1) is 8.20. The van der Waals surface area contributed by atoms with Gasteiger partial charge in [-0.15, -0.1) is 0 Å². The first-order valence-corrected chi connectivity index (χ1v) is 6.81. The Morgan fingerprint density at radius 1 is 0.765 bits per heavy atom. The van der Waals surface area contributed by atoms with Gasteiger partial charge in [0.1, 0.15) is 11.6 Å².